The van der Waals surface area contributed by atoms with Gasteiger partial charge in [0.1, 0.15) is 0 Å². The number of amides is 2. The van der Waals surface area contributed by atoms with Crippen LogP contribution in [0.2, 0.25) is 0 Å². The third-order valence-corrected chi connectivity index (χ3v) is 5.30. The van der Waals surface area contributed by atoms with Crippen LogP contribution in [0.1, 0.15) is 47.8 Å². The molecule has 1 saturated heterocycles. The lowest BCUT2D eigenvalue weighted by Crippen LogP contribution is -2.41. The number of rotatable bonds is 4. The summed E-state index contributed by atoms with van der Waals surface area (Å²) in [7, 11) is 0. The molecule has 3 aromatic rings. The van der Waals surface area contributed by atoms with Gasteiger partial charge in [-0.25, -0.2) is 4.79 Å². The Kier molecular flexibility index (Phi) is 5.37. The first-order valence-electron chi connectivity index (χ1n) is 9.77. The van der Waals surface area contributed by atoms with E-state index in [9.17, 15) is 4.79 Å². The second-order valence-corrected chi connectivity index (χ2v) is 7.29. The summed E-state index contributed by atoms with van der Waals surface area (Å²) in [4.78, 5) is 19.4. The van der Waals surface area contributed by atoms with Crippen LogP contribution in [-0.4, -0.2) is 32.7 Å². The summed E-state index contributed by atoms with van der Waals surface area (Å²) >= 11 is 0. The molecule has 6 heteroatoms. The van der Waals surface area contributed by atoms with Gasteiger partial charge in [-0.15, -0.1) is 0 Å². The molecular weight excluding hydrogens is 350 g/mol. The van der Waals surface area contributed by atoms with Crippen LogP contribution in [0.5, 0.6) is 0 Å². The molecule has 2 amide bonds. The van der Waals surface area contributed by atoms with Gasteiger partial charge in [0.05, 0.1) is 11.7 Å². The Morgan fingerprint density at radius 2 is 2.14 bits per heavy atom. The van der Waals surface area contributed by atoms with Crippen LogP contribution in [0.4, 0.5) is 10.5 Å². The number of likely N-dealkylation sites (tertiary alicyclic amines) is 1. The van der Waals surface area contributed by atoms with Crippen LogP contribution in [0.25, 0.3) is 0 Å². The Bertz CT molecular complexity index is 923. The lowest BCUT2D eigenvalue weighted by molar-refractivity contribution is 0.161. The molecule has 1 fully saturated rings. The quantitative estimate of drug-likeness (QED) is 0.707. The van der Waals surface area contributed by atoms with Gasteiger partial charge >= 0.3 is 6.03 Å². The Morgan fingerprint density at radius 3 is 2.93 bits per heavy atom. The van der Waals surface area contributed by atoms with E-state index in [1.165, 1.54) is 0 Å². The maximum atomic E-state index is 13.1. The number of aryl methyl sites for hydroxylation is 1. The van der Waals surface area contributed by atoms with Crippen molar-refractivity contribution in [3.63, 3.8) is 0 Å². The Balaban J connectivity index is 1.51. The molecule has 0 aliphatic carbocycles. The molecule has 1 aliphatic rings. The number of nitrogens with zero attached hydrogens (tertiary/aromatic N) is 3. The first-order valence-corrected chi connectivity index (χ1v) is 9.77. The van der Waals surface area contributed by atoms with Crippen molar-refractivity contribution in [3.8, 4) is 0 Å². The molecule has 144 valence electrons. The lowest BCUT2D eigenvalue weighted by Gasteiger charge is -2.35. The van der Waals surface area contributed by atoms with Gasteiger partial charge in [-0.3, -0.25) is 10.1 Å². The number of nitrogens with one attached hydrogen (secondary N) is 2. The molecule has 1 unspecified atom stereocenters. The van der Waals surface area contributed by atoms with E-state index in [4.69, 9.17) is 0 Å². The van der Waals surface area contributed by atoms with E-state index in [1.54, 1.807) is 12.4 Å². The minimum Gasteiger partial charge on any atom is -0.316 e. The van der Waals surface area contributed by atoms with Gasteiger partial charge < -0.3 is 10.2 Å². The first-order chi connectivity index (χ1) is 13.7. The number of hydrogen-bond acceptors (Lipinski definition) is 3. The predicted molar refractivity (Wildman–Crippen MR) is 109 cm³/mol. The fourth-order valence-corrected chi connectivity index (χ4v) is 3.76. The number of aromatic nitrogens is 3. The average molecular weight is 375 g/mol. The summed E-state index contributed by atoms with van der Waals surface area (Å²) in [6.07, 6.45) is 7.38. The molecule has 0 bridgehead atoms. The van der Waals surface area contributed by atoms with Gasteiger partial charge in [0.2, 0.25) is 0 Å². The smallest absolute Gasteiger partial charge is 0.316 e. The van der Waals surface area contributed by atoms with E-state index < -0.39 is 0 Å². The van der Waals surface area contributed by atoms with Crippen molar-refractivity contribution < 1.29 is 4.79 Å². The number of pyridine rings is 1. The normalized spacial score (nSPS) is 16.8. The number of benzene rings is 1. The molecular formula is C22H25N5O. The van der Waals surface area contributed by atoms with E-state index in [1.807, 2.05) is 36.1 Å². The SMILES string of the molecule is Cc1ccc(Cc2ccccn2)cc1NC(=O)N1CCCCC1c1ccn[nH]1. The van der Waals surface area contributed by atoms with Gasteiger partial charge in [-0.05, 0) is 61.6 Å². The molecule has 2 N–H and O–H groups in total. The zero-order valence-electron chi connectivity index (χ0n) is 16.1. The van der Waals surface area contributed by atoms with Crippen molar-refractivity contribution in [1.82, 2.24) is 20.1 Å². The number of anilines is 1. The standard InChI is InChI=1S/C22H25N5O/c1-16-8-9-17(14-18-6-2-4-11-23-18)15-20(16)25-22(28)27-13-5-3-7-21(27)19-10-12-24-26-19/h2,4,6,8-12,15,21H,3,5,7,13-14H2,1H3,(H,24,26)(H,25,28). The highest BCUT2D eigenvalue weighted by Crippen LogP contribution is 2.30. The van der Waals surface area contributed by atoms with Crippen LogP contribution in [0.3, 0.4) is 0 Å². The molecule has 28 heavy (non-hydrogen) atoms. The number of piperidine rings is 1. The number of carbonyl (C=O) groups is 1. The second-order valence-electron chi connectivity index (χ2n) is 7.29. The number of hydrogen-bond donors (Lipinski definition) is 2. The lowest BCUT2D eigenvalue weighted by atomic mass is 10.00. The van der Waals surface area contributed by atoms with Crippen LogP contribution in [0.15, 0.2) is 54.9 Å². The Morgan fingerprint density at radius 1 is 1.21 bits per heavy atom. The number of carbonyl (C=O) groups excluding carboxylic acids is 1. The minimum atomic E-state index is -0.0580. The summed E-state index contributed by atoms with van der Waals surface area (Å²) < 4.78 is 0. The third-order valence-electron chi connectivity index (χ3n) is 5.30. The largest absolute Gasteiger partial charge is 0.322 e. The van der Waals surface area contributed by atoms with Gasteiger partial charge in [0.15, 0.2) is 0 Å². The first kappa shape index (κ1) is 18.2. The van der Waals surface area contributed by atoms with E-state index >= 15 is 0 Å². The summed E-state index contributed by atoms with van der Waals surface area (Å²) in [6, 6.07) is 14.1. The number of urea groups is 1. The maximum Gasteiger partial charge on any atom is 0.322 e. The molecule has 0 spiro atoms. The van der Waals surface area contributed by atoms with Crippen molar-refractivity contribution in [1.29, 1.82) is 0 Å². The fourth-order valence-electron chi connectivity index (χ4n) is 3.76. The van der Waals surface area contributed by atoms with E-state index in [0.29, 0.717) is 0 Å². The molecule has 1 atom stereocenters. The minimum absolute atomic E-state index is 0.0493. The van der Waals surface area contributed by atoms with Crippen molar-refractivity contribution in [2.45, 2.75) is 38.6 Å². The van der Waals surface area contributed by atoms with Gasteiger partial charge in [-0.1, -0.05) is 18.2 Å². The highest BCUT2D eigenvalue weighted by Gasteiger charge is 2.29. The van der Waals surface area contributed by atoms with Crippen molar-refractivity contribution in [2.75, 3.05) is 11.9 Å². The molecule has 0 radical (unpaired) electrons. The molecule has 6 nitrogen and oxygen atoms in total. The summed E-state index contributed by atoms with van der Waals surface area (Å²) in [6.45, 7) is 2.77. The average Bonchev–Trinajstić information content (AvgIpc) is 3.26. The molecule has 1 aromatic carbocycles. The van der Waals surface area contributed by atoms with Gasteiger partial charge in [-0.2, -0.15) is 5.10 Å². The fraction of sp³-hybridized carbons (Fsp3) is 0.318. The van der Waals surface area contributed by atoms with E-state index in [2.05, 4.69) is 38.7 Å². The zero-order chi connectivity index (χ0) is 19.3. The maximum absolute atomic E-state index is 13.1. The highest BCUT2D eigenvalue weighted by atomic mass is 16.2. The molecule has 2 aromatic heterocycles. The van der Waals surface area contributed by atoms with Gasteiger partial charge in [0.25, 0.3) is 0 Å². The monoisotopic (exact) mass is 375 g/mol. The predicted octanol–water partition coefficient (Wildman–Crippen LogP) is 4.46. The van der Waals surface area contributed by atoms with Crippen LogP contribution in [0, 0.1) is 6.92 Å². The van der Waals surface area contributed by atoms with Crippen LogP contribution in [-0.2, 0) is 6.42 Å². The molecule has 0 saturated carbocycles. The van der Waals surface area contributed by atoms with Crippen LogP contribution >= 0.6 is 0 Å². The Hall–Kier alpha value is -3.15. The summed E-state index contributed by atoms with van der Waals surface area (Å²) in [5, 5.41) is 10.2. The Labute approximate surface area is 165 Å². The molecule has 4 rings (SSSR count). The molecule has 3 heterocycles. The second kappa shape index (κ2) is 8.25. The topological polar surface area (TPSA) is 73.9 Å². The zero-order valence-corrected chi connectivity index (χ0v) is 16.1. The summed E-state index contributed by atoms with van der Waals surface area (Å²) in [5.41, 5.74) is 5.04. The van der Waals surface area contributed by atoms with Crippen molar-refractivity contribution in [2.24, 2.45) is 0 Å². The number of aromatic amines is 1. The van der Waals surface area contributed by atoms with Crippen molar-refractivity contribution in [3.05, 3.63) is 77.4 Å². The highest BCUT2D eigenvalue weighted by molar-refractivity contribution is 5.90. The third kappa shape index (κ3) is 4.06. The van der Waals surface area contributed by atoms with Crippen LogP contribution < -0.4 is 5.32 Å². The molecule has 1 aliphatic heterocycles. The van der Waals surface area contributed by atoms with Gasteiger partial charge in [0, 0.05) is 36.7 Å². The van der Waals surface area contributed by atoms with E-state index in [0.717, 1.165) is 60.4 Å². The number of H-pyrrole nitrogens is 1. The summed E-state index contributed by atoms with van der Waals surface area (Å²) in [5.74, 6) is 0. The van der Waals surface area contributed by atoms with Crippen molar-refractivity contribution >= 4 is 11.7 Å². The van der Waals surface area contributed by atoms with E-state index in [-0.39, 0.29) is 12.1 Å².